The van der Waals surface area contributed by atoms with E-state index in [1.807, 2.05) is 4.90 Å². The first kappa shape index (κ1) is 19.2. The molecule has 0 bridgehead atoms. The van der Waals surface area contributed by atoms with Gasteiger partial charge < -0.3 is 15.3 Å². The molecule has 0 spiro atoms. The number of piperidine rings is 1. The Labute approximate surface area is 165 Å². The lowest BCUT2D eigenvalue weighted by Crippen LogP contribution is -2.54. The number of fused-ring (bicyclic) bond motifs is 3. The van der Waals surface area contributed by atoms with E-state index >= 15 is 0 Å². The van der Waals surface area contributed by atoms with Gasteiger partial charge in [0.2, 0.25) is 5.91 Å². The summed E-state index contributed by atoms with van der Waals surface area (Å²) in [7, 11) is 0. The maximum Gasteiger partial charge on any atom is 0.248 e. The molecule has 1 amide bonds. The van der Waals surface area contributed by atoms with E-state index in [1.165, 1.54) is 0 Å². The second kappa shape index (κ2) is 7.37. The number of hydrazine groups is 1. The summed E-state index contributed by atoms with van der Waals surface area (Å²) >= 11 is 13.4. The van der Waals surface area contributed by atoms with Gasteiger partial charge in [0.25, 0.3) is 0 Å². The second-order valence-electron chi connectivity index (χ2n) is 8.67. The van der Waals surface area contributed by atoms with Crippen LogP contribution in [0.15, 0.2) is 0 Å². The van der Waals surface area contributed by atoms with Gasteiger partial charge in [-0.15, -0.1) is 23.2 Å². The average Bonchev–Trinajstić information content (AvgIpc) is 3.20. The van der Waals surface area contributed by atoms with Crippen LogP contribution in [0.5, 0.6) is 0 Å². The number of carbonyl (C=O) groups excluding carboxylic acids is 1. The molecule has 4 fully saturated rings. The van der Waals surface area contributed by atoms with Gasteiger partial charge in [-0.2, -0.15) is 0 Å². The zero-order valence-electron chi connectivity index (χ0n) is 15.4. The fraction of sp³-hybridized carbons (Fsp3) is 0.944. The summed E-state index contributed by atoms with van der Waals surface area (Å²) in [5.41, 5.74) is 6.64. The fourth-order valence-electron chi connectivity index (χ4n) is 6.11. The molecule has 0 aromatic rings. The first-order valence-electron chi connectivity index (χ1n) is 9.85. The fourth-order valence-corrected chi connectivity index (χ4v) is 6.82. The summed E-state index contributed by atoms with van der Waals surface area (Å²) in [5, 5.41) is 13.0. The summed E-state index contributed by atoms with van der Waals surface area (Å²) in [5.74, 6) is 1.59. The largest absolute Gasteiger partial charge is 0.387 e. The molecule has 6 nitrogen and oxygen atoms in total. The van der Waals surface area contributed by atoms with Crippen LogP contribution < -0.4 is 16.2 Å². The SMILES string of the molecule is CC1NNCC1C1CC(Cl)C(Cl)C2NC3C[C@@H](C)N(C(=O)CO)CC3C12. The molecule has 3 aliphatic heterocycles. The minimum Gasteiger partial charge on any atom is -0.387 e. The number of carbonyl (C=O) groups is 1. The zero-order valence-corrected chi connectivity index (χ0v) is 16.9. The van der Waals surface area contributed by atoms with Crippen molar-refractivity contribution in [3.63, 3.8) is 0 Å². The van der Waals surface area contributed by atoms with Crippen LogP contribution in [-0.2, 0) is 4.79 Å². The van der Waals surface area contributed by atoms with Crippen LogP contribution in [0.3, 0.4) is 0 Å². The van der Waals surface area contributed by atoms with E-state index in [9.17, 15) is 9.90 Å². The van der Waals surface area contributed by atoms with E-state index < -0.39 is 6.61 Å². The van der Waals surface area contributed by atoms with Crippen molar-refractivity contribution in [3.8, 4) is 0 Å². The van der Waals surface area contributed by atoms with Gasteiger partial charge >= 0.3 is 0 Å². The third kappa shape index (κ3) is 3.07. The molecule has 4 rings (SSSR count). The molecular weight excluding hydrogens is 375 g/mol. The lowest BCUT2D eigenvalue weighted by Gasteiger charge is -2.47. The van der Waals surface area contributed by atoms with Crippen LogP contribution in [0.2, 0.25) is 0 Å². The summed E-state index contributed by atoms with van der Waals surface area (Å²) in [6, 6.07) is 1.09. The Bertz CT molecular complexity index is 553. The Kier molecular flexibility index (Phi) is 5.45. The van der Waals surface area contributed by atoms with Crippen LogP contribution in [0.25, 0.3) is 0 Å². The third-order valence-electron chi connectivity index (χ3n) is 7.36. The van der Waals surface area contributed by atoms with Gasteiger partial charge in [0.05, 0.1) is 10.8 Å². The zero-order chi connectivity index (χ0) is 18.6. The van der Waals surface area contributed by atoms with Crippen molar-refractivity contribution in [2.45, 2.75) is 61.6 Å². The topological polar surface area (TPSA) is 76.6 Å². The smallest absolute Gasteiger partial charge is 0.248 e. The minimum atomic E-state index is -0.415. The Morgan fingerprint density at radius 1 is 1.19 bits per heavy atom. The van der Waals surface area contributed by atoms with Crippen molar-refractivity contribution in [2.75, 3.05) is 19.7 Å². The predicted octanol–water partition coefficient (Wildman–Crippen LogP) is 0.520. The molecule has 1 saturated carbocycles. The van der Waals surface area contributed by atoms with E-state index in [2.05, 4.69) is 30.0 Å². The minimum absolute atomic E-state index is 0.0315. The van der Waals surface area contributed by atoms with Crippen LogP contribution in [-0.4, -0.2) is 70.5 Å². The highest BCUT2D eigenvalue weighted by Gasteiger charge is 2.57. The molecule has 0 aromatic carbocycles. The molecular formula is C18H30Cl2N4O2. The highest BCUT2D eigenvalue weighted by atomic mass is 35.5. The number of halogens is 2. The van der Waals surface area contributed by atoms with Gasteiger partial charge in [0.1, 0.15) is 6.61 Å². The third-order valence-corrected chi connectivity index (χ3v) is 8.52. The lowest BCUT2D eigenvalue weighted by molar-refractivity contribution is -0.139. The lowest BCUT2D eigenvalue weighted by atomic mass is 9.64. The van der Waals surface area contributed by atoms with Gasteiger partial charge in [-0.05, 0) is 50.4 Å². The molecule has 3 heterocycles. The molecule has 9 unspecified atom stereocenters. The van der Waals surface area contributed by atoms with Crippen LogP contribution in [0.4, 0.5) is 0 Å². The number of alkyl halides is 2. The number of hydrogen-bond donors (Lipinski definition) is 4. The summed E-state index contributed by atoms with van der Waals surface area (Å²) in [4.78, 5) is 14.1. The average molecular weight is 405 g/mol. The number of aliphatic hydroxyl groups excluding tert-OH is 1. The van der Waals surface area contributed by atoms with Gasteiger partial charge in [0, 0.05) is 37.3 Å². The maximum atomic E-state index is 12.2. The van der Waals surface area contributed by atoms with Crippen molar-refractivity contribution in [1.29, 1.82) is 0 Å². The maximum absolute atomic E-state index is 12.2. The van der Waals surface area contributed by atoms with Gasteiger partial charge in [-0.1, -0.05) is 0 Å². The molecule has 8 heteroatoms. The monoisotopic (exact) mass is 404 g/mol. The van der Waals surface area contributed by atoms with Crippen molar-refractivity contribution in [3.05, 3.63) is 0 Å². The highest BCUT2D eigenvalue weighted by molar-refractivity contribution is 6.30. The summed E-state index contributed by atoms with van der Waals surface area (Å²) < 4.78 is 0. The number of hydrogen-bond acceptors (Lipinski definition) is 5. The molecule has 0 radical (unpaired) electrons. The number of amides is 1. The van der Waals surface area contributed by atoms with Gasteiger partial charge in [-0.3, -0.25) is 15.6 Å². The van der Waals surface area contributed by atoms with E-state index in [0.717, 1.165) is 19.4 Å². The van der Waals surface area contributed by atoms with Crippen molar-refractivity contribution < 1.29 is 9.90 Å². The van der Waals surface area contributed by atoms with E-state index in [4.69, 9.17) is 23.2 Å². The number of nitrogens with zero attached hydrogens (tertiary/aromatic N) is 1. The van der Waals surface area contributed by atoms with Gasteiger partial charge in [0.15, 0.2) is 0 Å². The second-order valence-corrected chi connectivity index (χ2v) is 9.73. The quantitative estimate of drug-likeness (QED) is 0.504. The Morgan fingerprint density at radius 2 is 1.96 bits per heavy atom. The van der Waals surface area contributed by atoms with Crippen LogP contribution in [0.1, 0.15) is 26.7 Å². The Balaban J connectivity index is 1.62. The Morgan fingerprint density at radius 3 is 2.62 bits per heavy atom. The van der Waals surface area contributed by atoms with Crippen molar-refractivity contribution >= 4 is 29.1 Å². The molecule has 0 aromatic heterocycles. The molecule has 4 N–H and O–H groups in total. The standard InChI is InChI=1S/C18H30Cl2N4O2/c1-8-3-14-12(6-24(8)15(26)7-25)16-10(11-5-21-23-9(11)2)4-13(19)17(20)18(16)22-14/h8-14,16-18,21-23,25H,3-7H2,1-2H3/t8-,9?,10?,11?,12?,13?,14?,16?,17?,18?/m1/s1. The molecule has 4 aliphatic rings. The predicted molar refractivity (Wildman–Crippen MR) is 102 cm³/mol. The van der Waals surface area contributed by atoms with Gasteiger partial charge in [-0.25, -0.2) is 0 Å². The summed E-state index contributed by atoms with van der Waals surface area (Å²) in [6.45, 7) is 5.52. The molecule has 3 saturated heterocycles. The van der Waals surface area contributed by atoms with Crippen molar-refractivity contribution in [1.82, 2.24) is 21.1 Å². The van der Waals surface area contributed by atoms with Crippen LogP contribution >= 0.6 is 23.2 Å². The van der Waals surface area contributed by atoms with E-state index in [-0.39, 0.29) is 28.7 Å². The van der Waals surface area contributed by atoms with Crippen molar-refractivity contribution in [2.24, 2.45) is 23.7 Å². The molecule has 148 valence electrons. The normalized spacial score (nSPS) is 51.2. The molecule has 26 heavy (non-hydrogen) atoms. The number of nitrogens with one attached hydrogen (secondary N) is 3. The number of aliphatic hydroxyl groups is 1. The molecule has 1 aliphatic carbocycles. The first-order valence-corrected chi connectivity index (χ1v) is 10.7. The van der Waals surface area contributed by atoms with E-state index in [1.54, 1.807) is 0 Å². The van der Waals surface area contributed by atoms with Crippen LogP contribution in [0, 0.1) is 23.7 Å². The Hall–Kier alpha value is -0.110. The van der Waals surface area contributed by atoms with E-state index in [0.29, 0.717) is 42.3 Å². The number of rotatable bonds is 2. The highest BCUT2D eigenvalue weighted by Crippen LogP contribution is 2.50. The summed E-state index contributed by atoms with van der Waals surface area (Å²) in [6.07, 6.45) is 1.83. The number of likely N-dealkylation sites (tertiary alicyclic amines) is 1. The first-order chi connectivity index (χ1) is 12.4. The molecule has 10 atom stereocenters.